The first-order valence-corrected chi connectivity index (χ1v) is 6.12. The number of benzene rings is 2. The Morgan fingerprint density at radius 3 is 2.75 bits per heavy atom. The molecule has 0 amide bonds. The molecule has 102 valence electrons. The molecule has 0 radical (unpaired) electrons. The zero-order valence-corrected chi connectivity index (χ0v) is 10.4. The number of aliphatic carboxylic acids is 1. The van der Waals surface area contributed by atoms with Gasteiger partial charge in [-0.1, -0.05) is 24.3 Å². The van der Waals surface area contributed by atoms with Gasteiger partial charge in [-0.15, -0.1) is 0 Å². The van der Waals surface area contributed by atoms with Crippen LogP contribution in [0.3, 0.4) is 0 Å². The van der Waals surface area contributed by atoms with Gasteiger partial charge in [0.2, 0.25) is 0 Å². The first-order chi connectivity index (χ1) is 9.58. The Morgan fingerprint density at radius 1 is 1.25 bits per heavy atom. The molecule has 20 heavy (non-hydrogen) atoms. The first-order valence-electron chi connectivity index (χ1n) is 6.12. The third kappa shape index (κ3) is 1.92. The van der Waals surface area contributed by atoms with E-state index in [1.54, 1.807) is 18.2 Å². The molecule has 5 heteroatoms. The van der Waals surface area contributed by atoms with E-state index >= 15 is 0 Å². The Morgan fingerprint density at radius 2 is 2.00 bits per heavy atom. The van der Waals surface area contributed by atoms with Gasteiger partial charge in [0.1, 0.15) is 17.6 Å². The summed E-state index contributed by atoms with van der Waals surface area (Å²) in [6, 6.07) is 10.2. The lowest BCUT2D eigenvalue weighted by molar-refractivity contribution is -0.140. The average molecular weight is 273 g/mol. The van der Waals surface area contributed by atoms with Crippen molar-refractivity contribution in [2.75, 3.05) is 0 Å². The van der Waals surface area contributed by atoms with Crippen LogP contribution in [0, 0.1) is 5.82 Å². The standard InChI is InChI=1S/C15H12FNO3/c16-8-5-6-9-10-3-1-2-4-12(10)20-14(11(9)7-8)13(17)15(18)19/h1-7,13-14H,17H2,(H,18,19). The van der Waals surface area contributed by atoms with Crippen molar-refractivity contribution in [2.45, 2.75) is 12.1 Å². The minimum absolute atomic E-state index is 0.450. The monoisotopic (exact) mass is 273 g/mol. The van der Waals surface area contributed by atoms with Gasteiger partial charge in [0, 0.05) is 11.1 Å². The molecule has 0 spiro atoms. The third-order valence-corrected chi connectivity index (χ3v) is 3.36. The normalized spacial score (nSPS) is 17.6. The summed E-state index contributed by atoms with van der Waals surface area (Å²) < 4.78 is 19.1. The predicted octanol–water partition coefficient (Wildman–Crippen LogP) is 2.34. The SMILES string of the molecule is NC(C(=O)O)C1Oc2ccccc2-c2ccc(F)cc21. The van der Waals surface area contributed by atoms with Crippen LogP contribution >= 0.6 is 0 Å². The second-order valence-electron chi connectivity index (χ2n) is 4.63. The molecule has 2 unspecified atom stereocenters. The number of ether oxygens (including phenoxy) is 1. The van der Waals surface area contributed by atoms with E-state index in [4.69, 9.17) is 15.6 Å². The first kappa shape index (κ1) is 12.6. The summed E-state index contributed by atoms with van der Waals surface area (Å²) >= 11 is 0. The Hall–Kier alpha value is -2.40. The van der Waals surface area contributed by atoms with Gasteiger partial charge in [-0.3, -0.25) is 4.79 Å². The van der Waals surface area contributed by atoms with Crippen molar-refractivity contribution in [3.05, 3.63) is 53.8 Å². The van der Waals surface area contributed by atoms with Gasteiger partial charge in [0.25, 0.3) is 0 Å². The number of hydrogen-bond donors (Lipinski definition) is 2. The highest BCUT2D eigenvalue weighted by molar-refractivity contribution is 5.79. The number of nitrogens with two attached hydrogens (primary N) is 1. The van der Waals surface area contributed by atoms with Crippen LogP contribution < -0.4 is 10.5 Å². The topological polar surface area (TPSA) is 72.6 Å². The maximum Gasteiger partial charge on any atom is 0.324 e. The second-order valence-corrected chi connectivity index (χ2v) is 4.63. The summed E-state index contributed by atoms with van der Waals surface area (Å²) in [4.78, 5) is 11.1. The third-order valence-electron chi connectivity index (χ3n) is 3.36. The van der Waals surface area contributed by atoms with Gasteiger partial charge in [0.15, 0.2) is 6.10 Å². The van der Waals surface area contributed by atoms with E-state index in [0.717, 1.165) is 11.1 Å². The number of halogens is 1. The fourth-order valence-electron chi connectivity index (χ4n) is 2.40. The molecular weight excluding hydrogens is 261 g/mol. The average Bonchev–Trinajstić information content (AvgIpc) is 2.45. The Kier molecular flexibility index (Phi) is 2.91. The Balaban J connectivity index is 2.19. The highest BCUT2D eigenvalue weighted by atomic mass is 19.1. The number of fused-ring (bicyclic) bond motifs is 3. The zero-order valence-electron chi connectivity index (χ0n) is 10.4. The van der Waals surface area contributed by atoms with Crippen LogP contribution in [0.2, 0.25) is 0 Å². The molecule has 1 heterocycles. The van der Waals surface area contributed by atoms with Crippen LogP contribution in [-0.2, 0) is 4.79 Å². The van der Waals surface area contributed by atoms with Crippen molar-refractivity contribution in [3.63, 3.8) is 0 Å². The largest absolute Gasteiger partial charge is 0.483 e. The van der Waals surface area contributed by atoms with Crippen molar-refractivity contribution >= 4 is 5.97 Å². The van der Waals surface area contributed by atoms with Gasteiger partial charge in [-0.2, -0.15) is 0 Å². The highest BCUT2D eigenvalue weighted by Crippen LogP contribution is 2.43. The number of carboxylic acid groups (broad SMARTS) is 1. The number of hydrogen-bond acceptors (Lipinski definition) is 3. The van der Waals surface area contributed by atoms with E-state index in [0.29, 0.717) is 11.3 Å². The van der Waals surface area contributed by atoms with Gasteiger partial charge in [0.05, 0.1) is 0 Å². The molecule has 0 saturated carbocycles. The molecule has 0 saturated heterocycles. The van der Waals surface area contributed by atoms with Crippen LogP contribution in [0.4, 0.5) is 4.39 Å². The molecule has 3 N–H and O–H groups in total. The smallest absolute Gasteiger partial charge is 0.324 e. The number of rotatable bonds is 2. The van der Waals surface area contributed by atoms with Gasteiger partial charge in [-0.25, -0.2) is 4.39 Å². The van der Waals surface area contributed by atoms with Crippen LogP contribution in [0.15, 0.2) is 42.5 Å². The van der Waals surface area contributed by atoms with Gasteiger partial charge < -0.3 is 15.6 Å². The minimum Gasteiger partial charge on any atom is -0.483 e. The van der Waals surface area contributed by atoms with Crippen molar-refractivity contribution in [2.24, 2.45) is 5.73 Å². The minimum atomic E-state index is -1.26. The molecule has 4 nitrogen and oxygen atoms in total. The van der Waals surface area contributed by atoms with Crippen LogP contribution in [0.25, 0.3) is 11.1 Å². The molecule has 2 aromatic carbocycles. The maximum atomic E-state index is 13.5. The molecule has 0 aromatic heterocycles. The zero-order chi connectivity index (χ0) is 14.3. The summed E-state index contributed by atoms with van der Waals surface area (Å²) in [5.74, 6) is -1.09. The quantitative estimate of drug-likeness (QED) is 0.880. The van der Waals surface area contributed by atoms with E-state index in [1.165, 1.54) is 12.1 Å². The molecule has 3 rings (SSSR count). The summed E-state index contributed by atoms with van der Waals surface area (Å²) in [5.41, 5.74) is 7.67. The lowest BCUT2D eigenvalue weighted by atomic mass is 9.90. The molecular formula is C15H12FNO3. The van der Waals surface area contributed by atoms with Crippen LogP contribution in [0.1, 0.15) is 11.7 Å². The van der Waals surface area contributed by atoms with E-state index < -0.39 is 23.9 Å². The van der Waals surface area contributed by atoms with Crippen molar-refractivity contribution in [3.8, 4) is 16.9 Å². The Bertz CT molecular complexity index is 687. The Labute approximate surface area is 114 Å². The van der Waals surface area contributed by atoms with E-state index in [9.17, 15) is 9.18 Å². The molecule has 0 bridgehead atoms. The van der Waals surface area contributed by atoms with Crippen LogP contribution in [0.5, 0.6) is 5.75 Å². The maximum absolute atomic E-state index is 13.5. The van der Waals surface area contributed by atoms with Crippen molar-refractivity contribution in [1.82, 2.24) is 0 Å². The molecule has 2 aromatic rings. The summed E-state index contributed by atoms with van der Waals surface area (Å²) in [5, 5.41) is 9.08. The van der Waals surface area contributed by atoms with E-state index in [2.05, 4.69) is 0 Å². The number of carboxylic acids is 1. The molecule has 0 aliphatic carbocycles. The molecule has 1 aliphatic rings. The van der Waals surface area contributed by atoms with E-state index in [1.807, 2.05) is 12.1 Å². The van der Waals surface area contributed by atoms with Crippen LogP contribution in [-0.4, -0.2) is 17.1 Å². The fraction of sp³-hybridized carbons (Fsp3) is 0.133. The lowest BCUT2D eigenvalue weighted by Crippen LogP contribution is -2.40. The van der Waals surface area contributed by atoms with Crippen molar-refractivity contribution in [1.29, 1.82) is 0 Å². The second kappa shape index (κ2) is 4.61. The van der Waals surface area contributed by atoms with E-state index in [-0.39, 0.29) is 0 Å². The lowest BCUT2D eigenvalue weighted by Gasteiger charge is -2.30. The molecule has 1 aliphatic heterocycles. The molecule has 0 fully saturated rings. The number of carbonyl (C=O) groups is 1. The van der Waals surface area contributed by atoms with Crippen molar-refractivity contribution < 1.29 is 19.0 Å². The summed E-state index contributed by atoms with van der Waals surface area (Å²) in [6.45, 7) is 0. The number of para-hydroxylation sites is 1. The highest BCUT2D eigenvalue weighted by Gasteiger charge is 2.34. The summed E-state index contributed by atoms with van der Waals surface area (Å²) in [7, 11) is 0. The molecule has 2 atom stereocenters. The van der Waals surface area contributed by atoms with Gasteiger partial charge in [-0.05, 0) is 23.8 Å². The predicted molar refractivity (Wildman–Crippen MR) is 70.8 cm³/mol. The van der Waals surface area contributed by atoms with Gasteiger partial charge >= 0.3 is 5.97 Å². The fourth-order valence-corrected chi connectivity index (χ4v) is 2.40. The summed E-state index contributed by atoms with van der Waals surface area (Å²) in [6.07, 6.45) is -0.909.